The van der Waals surface area contributed by atoms with Crippen molar-refractivity contribution in [2.45, 2.75) is 46.1 Å². The van der Waals surface area contributed by atoms with Crippen LogP contribution in [0.1, 0.15) is 49.8 Å². The number of nitrogens with one attached hydrogen (secondary N) is 1. The van der Waals surface area contributed by atoms with Gasteiger partial charge >= 0.3 is 6.09 Å². The zero-order chi connectivity index (χ0) is 23.5. The molecule has 2 aromatic rings. The van der Waals surface area contributed by atoms with E-state index in [1.807, 2.05) is 20.8 Å². The van der Waals surface area contributed by atoms with Crippen molar-refractivity contribution in [1.29, 1.82) is 0 Å². The van der Waals surface area contributed by atoms with Crippen LogP contribution >= 0.6 is 0 Å². The van der Waals surface area contributed by atoms with Crippen molar-refractivity contribution in [1.82, 2.24) is 25.2 Å². The number of non-ortho nitro benzene ring substituents is 1. The number of amides is 2. The van der Waals surface area contributed by atoms with E-state index in [0.29, 0.717) is 31.0 Å². The monoisotopic (exact) mass is 444 g/mol. The van der Waals surface area contributed by atoms with Crippen molar-refractivity contribution in [3.05, 3.63) is 45.8 Å². The second-order valence-corrected chi connectivity index (χ2v) is 8.83. The fourth-order valence-corrected chi connectivity index (χ4v) is 3.54. The van der Waals surface area contributed by atoms with Crippen molar-refractivity contribution in [3.63, 3.8) is 0 Å². The fraction of sp³-hybridized carbons (Fsp3) is 0.524. The molecule has 3 rings (SSSR count). The molecule has 0 radical (unpaired) electrons. The van der Waals surface area contributed by atoms with E-state index >= 15 is 0 Å². The predicted molar refractivity (Wildman–Crippen MR) is 116 cm³/mol. The lowest BCUT2D eigenvalue weighted by Crippen LogP contribution is -2.42. The van der Waals surface area contributed by atoms with E-state index in [1.54, 1.807) is 24.0 Å². The van der Waals surface area contributed by atoms with Gasteiger partial charge in [0.1, 0.15) is 5.60 Å². The highest BCUT2D eigenvalue weighted by atomic mass is 16.6. The minimum Gasteiger partial charge on any atom is -0.444 e. The van der Waals surface area contributed by atoms with Crippen LogP contribution in [-0.2, 0) is 4.74 Å². The van der Waals surface area contributed by atoms with Gasteiger partial charge in [0.25, 0.3) is 11.6 Å². The average molecular weight is 444 g/mol. The molecular formula is C21H28N6O5. The third-order valence-corrected chi connectivity index (χ3v) is 5.22. The third kappa shape index (κ3) is 5.59. The lowest BCUT2D eigenvalue weighted by molar-refractivity contribution is -0.384. The lowest BCUT2D eigenvalue weighted by atomic mass is 9.96. The molecule has 0 aliphatic carbocycles. The Bertz CT molecular complexity index is 1000. The van der Waals surface area contributed by atoms with Crippen LogP contribution in [0.4, 0.5) is 10.5 Å². The molecule has 11 heteroatoms. The zero-order valence-electron chi connectivity index (χ0n) is 18.7. The standard InChI is InChI=1S/C21H28N6O5/c1-14-18(23-24-26(14)16-6-5-7-17(12-16)27(30)31)19(28)25-10-8-15(9-11-25)13-22-20(29)32-21(2,3)4/h5-7,12,15H,8-11,13H2,1-4H3,(H,22,29). The van der Waals surface area contributed by atoms with Gasteiger partial charge < -0.3 is 15.0 Å². The molecule has 0 spiro atoms. The molecule has 1 aliphatic rings. The summed E-state index contributed by atoms with van der Waals surface area (Å²) in [6.45, 7) is 8.74. The molecule has 1 aromatic heterocycles. The molecule has 1 fully saturated rings. The molecule has 1 N–H and O–H groups in total. The van der Waals surface area contributed by atoms with Crippen LogP contribution in [0.5, 0.6) is 0 Å². The Morgan fingerprint density at radius 2 is 1.97 bits per heavy atom. The van der Waals surface area contributed by atoms with Gasteiger partial charge in [-0.2, -0.15) is 0 Å². The number of nitro groups is 1. The van der Waals surface area contributed by atoms with E-state index in [-0.39, 0.29) is 23.2 Å². The van der Waals surface area contributed by atoms with Crippen LogP contribution in [0.25, 0.3) is 5.69 Å². The van der Waals surface area contributed by atoms with E-state index in [2.05, 4.69) is 15.6 Å². The first-order valence-corrected chi connectivity index (χ1v) is 10.5. The number of alkyl carbamates (subject to hydrolysis) is 1. The van der Waals surface area contributed by atoms with Crippen LogP contribution < -0.4 is 5.32 Å². The van der Waals surface area contributed by atoms with Gasteiger partial charge in [-0.25, -0.2) is 9.48 Å². The summed E-state index contributed by atoms with van der Waals surface area (Å²) in [5.74, 6) is 0.0333. The maximum atomic E-state index is 13.0. The second kappa shape index (κ2) is 9.33. The number of rotatable bonds is 5. The number of carbonyl (C=O) groups is 2. The van der Waals surface area contributed by atoms with Crippen LogP contribution in [0, 0.1) is 23.0 Å². The van der Waals surface area contributed by atoms with Crippen molar-refractivity contribution in [2.24, 2.45) is 5.92 Å². The van der Waals surface area contributed by atoms with Gasteiger partial charge in [-0.05, 0) is 52.5 Å². The molecule has 0 saturated carbocycles. The number of benzene rings is 1. The van der Waals surface area contributed by atoms with Crippen molar-refractivity contribution < 1.29 is 19.2 Å². The Kier molecular flexibility index (Phi) is 6.75. The highest BCUT2D eigenvalue weighted by molar-refractivity contribution is 5.93. The second-order valence-electron chi connectivity index (χ2n) is 8.83. The van der Waals surface area contributed by atoms with Crippen molar-refractivity contribution in [3.8, 4) is 5.69 Å². The van der Waals surface area contributed by atoms with Crippen LogP contribution in [0.2, 0.25) is 0 Å². The molecule has 0 atom stereocenters. The van der Waals surface area contributed by atoms with Gasteiger partial charge in [0, 0.05) is 31.8 Å². The van der Waals surface area contributed by atoms with Gasteiger partial charge in [0.05, 0.1) is 16.3 Å². The molecule has 32 heavy (non-hydrogen) atoms. The molecule has 1 aliphatic heterocycles. The maximum absolute atomic E-state index is 13.0. The molecule has 1 saturated heterocycles. The summed E-state index contributed by atoms with van der Waals surface area (Å²) in [5, 5.41) is 21.9. The Balaban J connectivity index is 1.59. The lowest BCUT2D eigenvalue weighted by Gasteiger charge is -2.32. The van der Waals surface area contributed by atoms with Crippen molar-refractivity contribution >= 4 is 17.7 Å². The smallest absolute Gasteiger partial charge is 0.407 e. The van der Waals surface area contributed by atoms with E-state index in [4.69, 9.17) is 4.74 Å². The fourth-order valence-electron chi connectivity index (χ4n) is 3.54. The molecular weight excluding hydrogens is 416 g/mol. The zero-order valence-corrected chi connectivity index (χ0v) is 18.7. The number of piperidine rings is 1. The number of ether oxygens (including phenoxy) is 1. The van der Waals surface area contributed by atoms with Gasteiger partial charge in [-0.3, -0.25) is 14.9 Å². The number of carbonyl (C=O) groups excluding carboxylic acids is 2. The molecule has 0 unspecified atom stereocenters. The number of hydrogen-bond acceptors (Lipinski definition) is 7. The first-order valence-electron chi connectivity index (χ1n) is 10.5. The van der Waals surface area contributed by atoms with Gasteiger partial charge in [0.2, 0.25) is 0 Å². The number of nitro benzene ring substituents is 1. The molecule has 172 valence electrons. The topological polar surface area (TPSA) is 132 Å². The Hall–Kier alpha value is -3.50. The van der Waals surface area contributed by atoms with Gasteiger partial charge in [-0.15, -0.1) is 5.10 Å². The van der Waals surface area contributed by atoms with Crippen LogP contribution in [-0.4, -0.2) is 62.1 Å². The van der Waals surface area contributed by atoms with Gasteiger partial charge in [0.15, 0.2) is 5.69 Å². The van der Waals surface area contributed by atoms with E-state index in [1.165, 1.54) is 16.8 Å². The van der Waals surface area contributed by atoms with Gasteiger partial charge in [-0.1, -0.05) is 11.3 Å². The minimum atomic E-state index is -0.542. The minimum absolute atomic E-state index is 0.0626. The largest absolute Gasteiger partial charge is 0.444 e. The summed E-state index contributed by atoms with van der Waals surface area (Å²) in [6.07, 6.45) is 1.06. The van der Waals surface area contributed by atoms with E-state index in [9.17, 15) is 19.7 Å². The van der Waals surface area contributed by atoms with Crippen molar-refractivity contribution in [2.75, 3.05) is 19.6 Å². The predicted octanol–water partition coefficient (Wildman–Crippen LogP) is 2.86. The Morgan fingerprint density at radius 1 is 1.28 bits per heavy atom. The summed E-state index contributed by atoms with van der Waals surface area (Å²) >= 11 is 0. The summed E-state index contributed by atoms with van der Waals surface area (Å²) in [5.41, 5.74) is 0.605. The Labute approximate surface area is 185 Å². The summed E-state index contributed by atoms with van der Waals surface area (Å²) in [6, 6.07) is 6.01. The first-order chi connectivity index (χ1) is 15.0. The molecule has 1 aromatic carbocycles. The highest BCUT2D eigenvalue weighted by Gasteiger charge is 2.28. The third-order valence-electron chi connectivity index (χ3n) is 5.22. The maximum Gasteiger partial charge on any atom is 0.407 e. The number of hydrogen-bond donors (Lipinski definition) is 1. The normalized spacial score (nSPS) is 14.8. The molecule has 11 nitrogen and oxygen atoms in total. The highest BCUT2D eigenvalue weighted by Crippen LogP contribution is 2.22. The first kappa shape index (κ1) is 23.2. The summed E-state index contributed by atoms with van der Waals surface area (Å²) < 4.78 is 6.68. The molecule has 2 heterocycles. The van der Waals surface area contributed by atoms with Crippen LogP contribution in [0.3, 0.4) is 0 Å². The van der Waals surface area contributed by atoms with E-state index in [0.717, 1.165) is 12.8 Å². The number of likely N-dealkylation sites (tertiary alicyclic amines) is 1. The number of aromatic nitrogens is 3. The molecule has 2 amide bonds. The number of nitrogens with zero attached hydrogens (tertiary/aromatic N) is 5. The SMILES string of the molecule is Cc1c(C(=O)N2CCC(CNC(=O)OC(C)(C)C)CC2)nnn1-c1cccc([N+](=O)[O-])c1. The summed E-state index contributed by atoms with van der Waals surface area (Å²) in [7, 11) is 0. The quantitative estimate of drug-likeness (QED) is 0.554. The average Bonchev–Trinajstić information content (AvgIpc) is 3.12. The van der Waals surface area contributed by atoms with Crippen LogP contribution in [0.15, 0.2) is 24.3 Å². The molecule has 0 bridgehead atoms. The Morgan fingerprint density at radius 3 is 2.59 bits per heavy atom. The summed E-state index contributed by atoms with van der Waals surface area (Å²) in [4.78, 5) is 37.1. The van der Waals surface area contributed by atoms with E-state index < -0.39 is 16.6 Å².